The van der Waals surface area contributed by atoms with Crippen molar-refractivity contribution in [1.29, 1.82) is 0 Å². The molecule has 57 heavy (non-hydrogen) atoms. The zero-order valence-electron chi connectivity index (χ0n) is 32.1. The number of para-hydroxylation sites is 3. The van der Waals surface area contributed by atoms with Gasteiger partial charge in [0.25, 0.3) is 0 Å². The Morgan fingerprint density at radius 3 is 1.18 bits per heavy atom. The first-order chi connectivity index (χ1) is 28.3. The Morgan fingerprint density at radius 1 is 0.333 bits per heavy atom. The Labute approximate surface area is 336 Å². The van der Waals surface area contributed by atoms with E-state index in [9.17, 15) is 0 Å². The van der Waals surface area contributed by atoms with Crippen LogP contribution in [0.1, 0.15) is 65.8 Å². The molecular formula is C55H44N2. The lowest BCUT2D eigenvalue weighted by atomic mass is 9.59. The van der Waals surface area contributed by atoms with Crippen LogP contribution in [0, 0.1) is 0 Å². The van der Waals surface area contributed by atoms with Gasteiger partial charge in [-0.05, 0) is 117 Å². The summed E-state index contributed by atoms with van der Waals surface area (Å²) in [7, 11) is 0. The molecule has 1 fully saturated rings. The first-order valence-electron chi connectivity index (χ1n) is 20.6. The van der Waals surface area contributed by atoms with E-state index in [1.807, 2.05) is 0 Å². The molecule has 0 atom stereocenters. The van der Waals surface area contributed by atoms with Crippen molar-refractivity contribution in [3.8, 4) is 22.3 Å². The summed E-state index contributed by atoms with van der Waals surface area (Å²) in [6.45, 7) is 0. The van der Waals surface area contributed by atoms with E-state index in [0.717, 1.165) is 5.69 Å². The van der Waals surface area contributed by atoms with Gasteiger partial charge in [0.15, 0.2) is 0 Å². The Kier molecular flexibility index (Phi) is 8.17. The average Bonchev–Trinajstić information content (AvgIpc) is 3.30. The maximum absolute atomic E-state index is 2.62. The number of fused-ring (bicyclic) bond motifs is 8. The van der Waals surface area contributed by atoms with E-state index >= 15 is 0 Å². The van der Waals surface area contributed by atoms with Crippen LogP contribution in [0.5, 0.6) is 0 Å². The quantitative estimate of drug-likeness (QED) is 0.174. The molecule has 3 aliphatic rings. The minimum absolute atomic E-state index is 0.551. The summed E-state index contributed by atoms with van der Waals surface area (Å²) in [5.41, 5.74) is 18.3. The number of rotatable bonds is 5. The lowest BCUT2D eigenvalue weighted by Crippen LogP contribution is -2.42. The highest BCUT2D eigenvalue weighted by Gasteiger charge is 2.52. The topological polar surface area (TPSA) is 6.48 Å². The van der Waals surface area contributed by atoms with Crippen molar-refractivity contribution >= 4 is 34.1 Å². The van der Waals surface area contributed by atoms with Crippen LogP contribution in [-0.2, 0) is 5.41 Å². The van der Waals surface area contributed by atoms with E-state index < -0.39 is 5.41 Å². The second-order valence-electron chi connectivity index (χ2n) is 15.9. The highest BCUT2D eigenvalue weighted by molar-refractivity contribution is 5.97. The molecule has 1 saturated carbocycles. The molecule has 0 radical (unpaired) electrons. The number of benzene rings is 8. The standard InChI is InChI=1S/C55H44N2/c1-4-16-39(17-5-1)42-28-33-45(34-29-42)56-51-25-13-10-22-47(51)55(48-23-11-14-26-52(48)56)49-24-12-15-27-53(49)57(46-35-30-43(31-36-46)40-18-6-2-7-19-40)54-37-32-44(38-50(54)55)41-20-8-3-9-21-41/h1-2,4-7,10-19,22-38,41H,3,8-9,20-21H2. The molecule has 0 unspecified atom stereocenters. The summed E-state index contributed by atoms with van der Waals surface area (Å²) >= 11 is 0. The molecule has 0 saturated heterocycles. The Hall–Kier alpha value is -6.64. The molecule has 0 aromatic heterocycles. The molecule has 1 aliphatic carbocycles. The van der Waals surface area contributed by atoms with Crippen molar-refractivity contribution in [1.82, 2.24) is 0 Å². The lowest BCUT2D eigenvalue weighted by Gasteiger charge is -2.51. The molecule has 0 N–H and O–H groups in total. The van der Waals surface area contributed by atoms with Crippen molar-refractivity contribution in [3.05, 3.63) is 228 Å². The summed E-state index contributed by atoms with van der Waals surface area (Å²) in [5.74, 6) is 0.575. The molecule has 8 aromatic carbocycles. The number of anilines is 6. The zero-order valence-corrected chi connectivity index (χ0v) is 32.1. The Morgan fingerprint density at radius 2 is 0.719 bits per heavy atom. The van der Waals surface area contributed by atoms with Gasteiger partial charge in [-0.15, -0.1) is 0 Å². The number of hydrogen-bond donors (Lipinski definition) is 0. The van der Waals surface area contributed by atoms with Gasteiger partial charge in [-0.3, -0.25) is 0 Å². The molecule has 11 rings (SSSR count). The second-order valence-corrected chi connectivity index (χ2v) is 15.9. The fraction of sp³-hybridized carbons (Fsp3) is 0.127. The molecular weight excluding hydrogens is 689 g/mol. The summed E-state index contributed by atoms with van der Waals surface area (Å²) in [6.07, 6.45) is 6.47. The molecule has 1 spiro atoms. The highest BCUT2D eigenvalue weighted by Crippen LogP contribution is 2.64. The SMILES string of the molecule is c1ccc(-c2ccc(N3c4ccccc4C4(c5ccccc53)c3ccccc3N(c3ccc(-c5ccccc5)cc3)c3ccc(C5CCCCC5)cc34)cc2)cc1. The fourth-order valence-electron chi connectivity index (χ4n) is 10.2. The van der Waals surface area contributed by atoms with Crippen LogP contribution in [0.2, 0.25) is 0 Å². The monoisotopic (exact) mass is 732 g/mol. The summed E-state index contributed by atoms with van der Waals surface area (Å²) < 4.78 is 0. The summed E-state index contributed by atoms with van der Waals surface area (Å²) in [4.78, 5) is 5.02. The molecule has 8 aromatic rings. The van der Waals surface area contributed by atoms with Gasteiger partial charge in [-0.1, -0.05) is 171 Å². The van der Waals surface area contributed by atoms with Gasteiger partial charge in [0.05, 0.1) is 28.2 Å². The molecule has 0 bridgehead atoms. The fourth-order valence-corrected chi connectivity index (χ4v) is 10.2. The van der Waals surface area contributed by atoms with Crippen LogP contribution in [0.3, 0.4) is 0 Å². The van der Waals surface area contributed by atoms with Crippen molar-refractivity contribution in [2.75, 3.05) is 9.80 Å². The third-order valence-electron chi connectivity index (χ3n) is 12.9. The number of hydrogen-bond acceptors (Lipinski definition) is 2. The maximum atomic E-state index is 2.62. The molecule has 2 heterocycles. The Bertz CT molecular complexity index is 2600. The molecule has 2 heteroatoms. The minimum atomic E-state index is -0.551. The van der Waals surface area contributed by atoms with E-state index in [1.54, 1.807) is 0 Å². The molecule has 2 aliphatic heterocycles. The van der Waals surface area contributed by atoms with E-state index in [0.29, 0.717) is 5.92 Å². The Balaban J connectivity index is 1.15. The lowest BCUT2D eigenvalue weighted by molar-refractivity contribution is 0.443. The third-order valence-corrected chi connectivity index (χ3v) is 12.9. The van der Waals surface area contributed by atoms with E-state index in [2.05, 4.69) is 210 Å². The van der Waals surface area contributed by atoms with Crippen molar-refractivity contribution in [2.24, 2.45) is 0 Å². The molecule has 274 valence electrons. The van der Waals surface area contributed by atoms with Crippen molar-refractivity contribution < 1.29 is 0 Å². The molecule has 0 amide bonds. The zero-order chi connectivity index (χ0) is 37.8. The average molecular weight is 733 g/mol. The van der Waals surface area contributed by atoms with Crippen LogP contribution in [0.25, 0.3) is 22.3 Å². The smallest absolute Gasteiger partial charge is 0.0783 e. The summed E-state index contributed by atoms with van der Waals surface area (Å²) in [6, 6.07) is 74.7. The largest absolute Gasteiger partial charge is 0.310 e. The van der Waals surface area contributed by atoms with Crippen molar-refractivity contribution in [2.45, 2.75) is 43.4 Å². The van der Waals surface area contributed by atoms with E-state index in [4.69, 9.17) is 0 Å². The van der Waals surface area contributed by atoms with Gasteiger partial charge in [0.1, 0.15) is 0 Å². The van der Waals surface area contributed by atoms with E-state index in [-0.39, 0.29) is 0 Å². The predicted molar refractivity (Wildman–Crippen MR) is 238 cm³/mol. The van der Waals surface area contributed by atoms with E-state index in [1.165, 1.54) is 111 Å². The summed E-state index contributed by atoms with van der Waals surface area (Å²) in [5, 5.41) is 0. The van der Waals surface area contributed by atoms with Crippen molar-refractivity contribution in [3.63, 3.8) is 0 Å². The minimum Gasteiger partial charge on any atom is -0.310 e. The van der Waals surface area contributed by atoms with Gasteiger partial charge >= 0.3 is 0 Å². The van der Waals surface area contributed by atoms with Crippen LogP contribution < -0.4 is 9.80 Å². The molecule has 2 nitrogen and oxygen atoms in total. The van der Waals surface area contributed by atoms with Crippen LogP contribution in [0.15, 0.2) is 200 Å². The second kappa shape index (κ2) is 13.8. The van der Waals surface area contributed by atoms with Crippen LogP contribution in [0.4, 0.5) is 34.1 Å². The van der Waals surface area contributed by atoms with Gasteiger partial charge in [-0.25, -0.2) is 0 Å². The normalized spacial score (nSPS) is 15.4. The third kappa shape index (κ3) is 5.39. The van der Waals surface area contributed by atoms with Gasteiger partial charge < -0.3 is 9.80 Å². The van der Waals surface area contributed by atoms with Crippen LogP contribution >= 0.6 is 0 Å². The van der Waals surface area contributed by atoms with Gasteiger partial charge in [0, 0.05) is 11.4 Å². The first kappa shape index (κ1) is 33.7. The van der Waals surface area contributed by atoms with Gasteiger partial charge in [-0.2, -0.15) is 0 Å². The highest BCUT2D eigenvalue weighted by atomic mass is 15.2. The predicted octanol–water partition coefficient (Wildman–Crippen LogP) is 15.0. The first-order valence-corrected chi connectivity index (χ1v) is 20.6. The number of nitrogens with zero attached hydrogens (tertiary/aromatic N) is 2. The maximum Gasteiger partial charge on any atom is 0.0783 e. The van der Waals surface area contributed by atoms with Gasteiger partial charge in [0.2, 0.25) is 0 Å². The van der Waals surface area contributed by atoms with Crippen LogP contribution in [-0.4, -0.2) is 0 Å².